The van der Waals surface area contributed by atoms with Gasteiger partial charge in [-0.3, -0.25) is 4.79 Å². The van der Waals surface area contributed by atoms with E-state index in [1.807, 2.05) is 0 Å². The first kappa shape index (κ1) is 14.5. The molecule has 0 saturated carbocycles. The van der Waals surface area contributed by atoms with Crippen molar-refractivity contribution in [1.29, 1.82) is 0 Å². The lowest BCUT2D eigenvalue weighted by molar-refractivity contribution is 0.102. The molecule has 0 atom stereocenters. The van der Waals surface area contributed by atoms with Gasteiger partial charge in [0.25, 0.3) is 5.91 Å². The number of hydrogen-bond acceptors (Lipinski definition) is 1. The van der Waals surface area contributed by atoms with Gasteiger partial charge in [-0.1, -0.05) is 11.6 Å². The van der Waals surface area contributed by atoms with Gasteiger partial charge in [0.2, 0.25) is 0 Å². The maximum Gasteiger partial charge on any atom is 0.255 e. The van der Waals surface area contributed by atoms with E-state index >= 15 is 0 Å². The third-order valence-electron chi connectivity index (χ3n) is 2.36. The number of anilines is 1. The predicted octanol–water partition coefficient (Wildman–Crippen LogP) is 5.26. The Bertz CT molecular complexity index is 649. The number of carbonyl (C=O) groups is 1. The van der Waals surface area contributed by atoms with Crippen molar-refractivity contribution in [1.82, 2.24) is 0 Å². The first-order valence-electron chi connectivity index (χ1n) is 5.19. The lowest BCUT2D eigenvalue weighted by Crippen LogP contribution is -2.12. The molecule has 0 aliphatic rings. The highest BCUT2D eigenvalue weighted by atomic mass is 79.9. The number of hydrogen-bond donors (Lipinski definition) is 1. The molecule has 98 valence electrons. The molecule has 0 radical (unpaired) electrons. The summed E-state index contributed by atoms with van der Waals surface area (Å²) in [4.78, 5) is 12.0. The summed E-state index contributed by atoms with van der Waals surface area (Å²) in [5.41, 5.74) is 0.779. The molecule has 1 amide bonds. The average Bonchev–Trinajstić information content (AvgIpc) is 2.37. The standard InChI is InChI=1S/C13H7Br2ClFNO/c14-9-3-1-7(5-11(9)16)13(19)18-8-2-4-10(15)12(17)6-8/h1-6H,(H,18,19). The van der Waals surface area contributed by atoms with E-state index in [0.29, 0.717) is 25.2 Å². The second-order valence-electron chi connectivity index (χ2n) is 3.71. The molecule has 0 saturated heterocycles. The van der Waals surface area contributed by atoms with Gasteiger partial charge in [-0.05, 0) is 68.3 Å². The molecule has 0 fully saturated rings. The second-order valence-corrected chi connectivity index (χ2v) is 5.83. The molecule has 6 heteroatoms. The van der Waals surface area contributed by atoms with Crippen LogP contribution in [0, 0.1) is 5.82 Å². The highest BCUT2D eigenvalue weighted by Gasteiger charge is 2.09. The zero-order valence-electron chi connectivity index (χ0n) is 9.38. The fraction of sp³-hybridized carbons (Fsp3) is 0. The fourth-order valence-corrected chi connectivity index (χ4v) is 2.09. The lowest BCUT2D eigenvalue weighted by Gasteiger charge is -2.07. The summed E-state index contributed by atoms with van der Waals surface area (Å²) in [6.07, 6.45) is 0. The van der Waals surface area contributed by atoms with Crippen LogP contribution in [0.4, 0.5) is 10.1 Å². The van der Waals surface area contributed by atoms with Crippen molar-refractivity contribution < 1.29 is 9.18 Å². The van der Waals surface area contributed by atoms with Gasteiger partial charge in [0.1, 0.15) is 5.82 Å². The van der Waals surface area contributed by atoms with Crippen molar-refractivity contribution in [3.63, 3.8) is 0 Å². The van der Waals surface area contributed by atoms with Gasteiger partial charge in [0.05, 0.1) is 9.50 Å². The van der Waals surface area contributed by atoms with Gasteiger partial charge in [0.15, 0.2) is 0 Å². The molecular formula is C13H7Br2ClFNO. The molecule has 0 bridgehead atoms. The monoisotopic (exact) mass is 405 g/mol. The molecule has 19 heavy (non-hydrogen) atoms. The number of rotatable bonds is 2. The zero-order chi connectivity index (χ0) is 14.0. The fourth-order valence-electron chi connectivity index (χ4n) is 1.41. The van der Waals surface area contributed by atoms with Crippen LogP contribution in [0.3, 0.4) is 0 Å². The van der Waals surface area contributed by atoms with E-state index in [1.165, 1.54) is 18.2 Å². The first-order valence-corrected chi connectivity index (χ1v) is 7.15. The summed E-state index contributed by atoms with van der Waals surface area (Å²) in [5, 5.41) is 3.04. The molecular weight excluding hydrogens is 400 g/mol. The Morgan fingerprint density at radius 3 is 2.42 bits per heavy atom. The van der Waals surface area contributed by atoms with Crippen molar-refractivity contribution >= 4 is 55.1 Å². The summed E-state index contributed by atoms with van der Waals surface area (Å²) in [5.74, 6) is -0.789. The van der Waals surface area contributed by atoms with Crippen LogP contribution in [-0.2, 0) is 0 Å². The van der Waals surface area contributed by atoms with Crippen LogP contribution < -0.4 is 5.32 Å². The SMILES string of the molecule is O=C(Nc1ccc(Br)c(F)c1)c1ccc(Br)c(Cl)c1. The second kappa shape index (κ2) is 6.03. The van der Waals surface area contributed by atoms with Crippen molar-refractivity contribution in [3.05, 3.63) is 61.7 Å². The topological polar surface area (TPSA) is 29.1 Å². The third-order valence-corrected chi connectivity index (χ3v) is 4.23. The maximum absolute atomic E-state index is 13.3. The summed E-state index contributed by atoms with van der Waals surface area (Å²) >= 11 is 12.2. The number of amides is 1. The van der Waals surface area contributed by atoms with Crippen molar-refractivity contribution in [2.45, 2.75) is 0 Å². The minimum absolute atomic E-state index is 0.345. The van der Waals surface area contributed by atoms with Gasteiger partial charge in [-0.15, -0.1) is 0 Å². The van der Waals surface area contributed by atoms with E-state index in [9.17, 15) is 9.18 Å². The quantitative estimate of drug-likeness (QED) is 0.723. The highest BCUT2D eigenvalue weighted by molar-refractivity contribution is 9.10. The number of carbonyl (C=O) groups excluding carboxylic acids is 1. The van der Waals surface area contributed by atoms with Crippen LogP contribution in [0.5, 0.6) is 0 Å². The predicted molar refractivity (Wildman–Crippen MR) is 81.2 cm³/mol. The van der Waals surface area contributed by atoms with E-state index in [-0.39, 0.29) is 5.91 Å². The molecule has 2 aromatic rings. The summed E-state index contributed by atoms with van der Waals surface area (Å²) in [6, 6.07) is 9.21. The van der Waals surface area contributed by atoms with Gasteiger partial charge >= 0.3 is 0 Å². The summed E-state index contributed by atoms with van der Waals surface area (Å²) < 4.78 is 14.4. The van der Waals surface area contributed by atoms with Crippen LogP contribution in [0.25, 0.3) is 0 Å². The average molecular weight is 407 g/mol. The van der Waals surface area contributed by atoms with E-state index in [0.717, 1.165) is 0 Å². The molecule has 2 rings (SSSR count). The Hall–Kier alpha value is -0.910. The minimum atomic E-state index is -0.438. The van der Waals surface area contributed by atoms with Crippen LogP contribution in [0.15, 0.2) is 45.3 Å². The molecule has 0 heterocycles. The van der Waals surface area contributed by atoms with Crippen molar-refractivity contribution in [2.75, 3.05) is 5.32 Å². The summed E-state index contributed by atoms with van der Waals surface area (Å²) in [7, 11) is 0. The molecule has 0 aromatic heterocycles. The molecule has 0 aliphatic carbocycles. The third kappa shape index (κ3) is 3.55. The normalized spacial score (nSPS) is 10.3. The number of nitrogens with one attached hydrogen (secondary N) is 1. The minimum Gasteiger partial charge on any atom is -0.322 e. The Morgan fingerprint density at radius 2 is 1.79 bits per heavy atom. The zero-order valence-corrected chi connectivity index (χ0v) is 13.3. The maximum atomic E-state index is 13.3. The van der Waals surface area contributed by atoms with Gasteiger partial charge < -0.3 is 5.32 Å². The van der Waals surface area contributed by atoms with Crippen LogP contribution in [-0.4, -0.2) is 5.91 Å². The Balaban J connectivity index is 2.20. The number of benzene rings is 2. The highest BCUT2D eigenvalue weighted by Crippen LogP contribution is 2.24. The van der Waals surface area contributed by atoms with Crippen molar-refractivity contribution in [2.24, 2.45) is 0 Å². The molecule has 0 unspecified atom stereocenters. The van der Waals surface area contributed by atoms with Crippen LogP contribution in [0.1, 0.15) is 10.4 Å². The van der Waals surface area contributed by atoms with Gasteiger partial charge in [-0.2, -0.15) is 0 Å². The molecule has 1 N–H and O–H groups in total. The van der Waals surface area contributed by atoms with Crippen LogP contribution in [0.2, 0.25) is 5.02 Å². The lowest BCUT2D eigenvalue weighted by atomic mass is 10.2. The van der Waals surface area contributed by atoms with Crippen LogP contribution >= 0.6 is 43.5 Å². The Labute approximate surface area is 131 Å². The largest absolute Gasteiger partial charge is 0.322 e. The van der Waals surface area contributed by atoms with Gasteiger partial charge in [-0.25, -0.2) is 4.39 Å². The van der Waals surface area contributed by atoms with Crippen molar-refractivity contribution in [3.8, 4) is 0 Å². The number of halogens is 4. The molecule has 0 aliphatic heterocycles. The smallest absolute Gasteiger partial charge is 0.255 e. The molecule has 2 nitrogen and oxygen atoms in total. The van der Waals surface area contributed by atoms with E-state index in [4.69, 9.17) is 11.6 Å². The van der Waals surface area contributed by atoms with E-state index < -0.39 is 5.82 Å². The van der Waals surface area contributed by atoms with E-state index in [2.05, 4.69) is 37.2 Å². The van der Waals surface area contributed by atoms with Gasteiger partial charge in [0, 0.05) is 15.7 Å². The Morgan fingerprint density at radius 1 is 1.11 bits per heavy atom. The first-order chi connectivity index (χ1) is 8.97. The van der Waals surface area contributed by atoms with E-state index in [1.54, 1.807) is 18.2 Å². The Kier molecular flexibility index (Phi) is 4.60. The summed E-state index contributed by atoms with van der Waals surface area (Å²) in [6.45, 7) is 0. The molecule has 2 aromatic carbocycles. The molecule has 0 spiro atoms.